The van der Waals surface area contributed by atoms with Crippen molar-refractivity contribution >= 4 is 5.97 Å². The highest BCUT2D eigenvalue weighted by Gasteiger charge is 2.16. The predicted octanol–water partition coefficient (Wildman–Crippen LogP) is 0.433. The lowest BCUT2D eigenvalue weighted by molar-refractivity contribution is -0.133. The lowest BCUT2D eigenvalue weighted by Gasteiger charge is -2.08. The fourth-order valence-corrected chi connectivity index (χ4v) is 0.925. The Hall–Kier alpha value is -0.870. The number of rotatable bonds is 4. The minimum absolute atomic E-state index is 0.0427. The van der Waals surface area contributed by atoms with Gasteiger partial charge in [-0.15, -0.1) is 0 Å². The molecule has 1 fully saturated rings. The Morgan fingerprint density at radius 3 is 3.00 bits per heavy atom. The van der Waals surface area contributed by atoms with Crippen molar-refractivity contribution in [3.05, 3.63) is 12.2 Å². The first-order valence-electron chi connectivity index (χ1n) is 3.80. The van der Waals surface area contributed by atoms with Crippen molar-refractivity contribution in [2.75, 3.05) is 19.8 Å². The van der Waals surface area contributed by atoms with Gasteiger partial charge in [0.25, 0.3) is 0 Å². The zero-order chi connectivity index (χ0) is 8.97. The van der Waals surface area contributed by atoms with Gasteiger partial charge in [-0.2, -0.15) is 0 Å². The topological polar surface area (TPSA) is 55.8 Å². The highest BCUT2D eigenvalue weighted by Crippen LogP contribution is 2.08. The van der Waals surface area contributed by atoms with Crippen molar-refractivity contribution in [2.45, 2.75) is 12.5 Å². The molecule has 0 aromatic carbocycles. The Bertz CT molecular complexity index is 181. The molecule has 68 valence electrons. The van der Waals surface area contributed by atoms with E-state index >= 15 is 0 Å². The molecule has 1 aliphatic heterocycles. The van der Waals surface area contributed by atoms with Crippen LogP contribution in [0.15, 0.2) is 12.2 Å². The minimum atomic E-state index is -1.01. The number of carboxylic acid groups (broad SMARTS) is 1. The third kappa shape index (κ3) is 2.64. The zero-order valence-electron chi connectivity index (χ0n) is 6.78. The molecule has 1 unspecified atom stereocenters. The van der Waals surface area contributed by atoms with Crippen LogP contribution in [-0.4, -0.2) is 37.0 Å². The van der Waals surface area contributed by atoms with Gasteiger partial charge in [0, 0.05) is 6.61 Å². The van der Waals surface area contributed by atoms with Gasteiger partial charge in [-0.3, -0.25) is 0 Å². The second-order valence-corrected chi connectivity index (χ2v) is 2.71. The third-order valence-corrected chi connectivity index (χ3v) is 1.68. The van der Waals surface area contributed by atoms with Gasteiger partial charge in [-0.25, -0.2) is 4.79 Å². The molecule has 0 saturated carbocycles. The van der Waals surface area contributed by atoms with Crippen molar-refractivity contribution in [2.24, 2.45) is 0 Å². The normalized spacial score (nSPS) is 22.5. The zero-order valence-corrected chi connectivity index (χ0v) is 6.78. The summed E-state index contributed by atoms with van der Waals surface area (Å²) in [7, 11) is 0. The Morgan fingerprint density at radius 1 is 1.75 bits per heavy atom. The van der Waals surface area contributed by atoms with Crippen LogP contribution in [0, 0.1) is 0 Å². The molecular formula is C8H12O4. The number of aliphatic carboxylic acids is 1. The van der Waals surface area contributed by atoms with Crippen molar-refractivity contribution in [1.82, 2.24) is 0 Å². The summed E-state index contributed by atoms with van der Waals surface area (Å²) in [5.41, 5.74) is 0.0851. The summed E-state index contributed by atoms with van der Waals surface area (Å²) in [6.07, 6.45) is 0.883. The number of carbonyl (C=O) groups is 1. The first-order chi connectivity index (χ1) is 5.70. The molecule has 0 amide bonds. The van der Waals surface area contributed by atoms with Gasteiger partial charge in [0.1, 0.15) is 0 Å². The van der Waals surface area contributed by atoms with Gasteiger partial charge in [-0.05, 0) is 6.42 Å². The second-order valence-electron chi connectivity index (χ2n) is 2.71. The Morgan fingerprint density at radius 2 is 2.50 bits per heavy atom. The van der Waals surface area contributed by atoms with Crippen molar-refractivity contribution in [3.63, 3.8) is 0 Å². The minimum Gasteiger partial charge on any atom is -0.478 e. The lowest BCUT2D eigenvalue weighted by atomic mass is 10.3. The van der Waals surface area contributed by atoms with E-state index in [4.69, 9.17) is 14.6 Å². The molecule has 1 heterocycles. The van der Waals surface area contributed by atoms with E-state index < -0.39 is 5.97 Å². The highest BCUT2D eigenvalue weighted by atomic mass is 16.5. The fourth-order valence-electron chi connectivity index (χ4n) is 0.925. The Labute approximate surface area is 70.8 Å². The average molecular weight is 172 g/mol. The predicted molar refractivity (Wildman–Crippen MR) is 42.0 cm³/mol. The van der Waals surface area contributed by atoms with Gasteiger partial charge in [-0.1, -0.05) is 6.58 Å². The largest absolute Gasteiger partial charge is 0.478 e. The van der Waals surface area contributed by atoms with E-state index in [0.29, 0.717) is 13.2 Å². The maximum Gasteiger partial charge on any atom is 0.333 e. The SMILES string of the molecule is C=C(COC1CCOC1)C(=O)O. The first-order valence-corrected chi connectivity index (χ1v) is 3.80. The lowest BCUT2D eigenvalue weighted by Crippen LogP contribution is -2.16. The van der Waals surface area contributed by atoms with Crippen molar-refractivity contribution in [1.29, 1.82) is 0 Å². The molecule has 4 heteroatoms. The van der Waals surface area contributed by atoms with Crippen LogP contribution in [0.1, 0.15) is 6.42 Å². The summed E-state index contributed by atoms with van der Waals surface area (Å²) in [5, 5.41) is 8.45. The molecule has 0 aliphatic carbocycles. The maximum atomic E-state index is 10.3. The molecule has 1 rings (SSSR count). The summed E-state index contributed by atoms with van der Waals surface area (Å²) < 4.78 is 10.3. The molecule has 0 radical (unpaired) electrons. The molecule has 4 nitrogen and oxygen atoms in total. The Kier molecular flexibility index (Phi) is 3.25. The second kappa shape index (κ2) is 4.23. The van der Waals surface area contributed by atoms with Gasteiger partial charge in [0.2, 0.25) is 0 Å². The molecule has 0 spiro atoms. The smallest absolute Gasteiger partial charge is 0.333 e. The molecule has 12 heavy (non-hydrogen) atoms. The third-order valence-electron chi connectivity index (χ3n) is 1.68. The molecule has 1 aliphatic rings. The van der Waals surface area contributed by atoms with Crippen molar-refractivity contribution < 1.29 is 19.4 Å². The number of carboxylic acids is 1. The molecule has 1 atom stereocenters. The average Bonchev–Trinajstić information content (AvgIpc) is 2.51. The van der Waals surface area contributed by atoms with Crippen LogP contribution in [-0.2, 0) is 14.3 Å². The molecule has 1 N–H and O–H groups in total. The van der Waals surface area contributed by atoms with Gasteiger partial charge < -0.3 is 14.6 Å². The van der Waals surface area contributed by atoms with Crippen LogP contribution in [0.4, 0.5) is 0 Å². The number of hydrogen-bond donors (Lipinski definition) is 1. The van der Waals surface area contributed by atoms with Crippen molar-refractivity contribution in [3.8, 4) is 0 Å². The van der Waals surface area contributed by atoms with E-state index in [1.165, 1.54) is 0 Å². The first kappa shape index (κ1) is 9.22. The van der Waals surface area contributed by atoms with Gasteiger partial charge in [0.05, 0.1) is 24.9 Å². The van der Waals surface area contributed by atoms with E-state index in [-0.39, 0.29) is 18.3 Å². The molecular weight excluding hydrogens is 160 g/mol. The summed E-state index contributed by atoms with van der Waals surface area (Å²) in [4.78, 5) is 10.3. The quantitative estimate of drug-likeness (QED) is 0.625. The highest BCUT2D eigenvalue weighted by molar-refractivity contribution is 5.85. The monoisotopic (exact) mass is 172 g/mol. The van der Waals surface area contributed by atoms with Crippen LogP contribution in [0.2, 0.25) is 0 Å². The standard InChI is InChI=1S/C8H12O4/c1-6(8(9)10)4-12-7-2-3-11-5-7/h7H,1-5H2,(H,9,10). The fraction of sp³-hybridized carbons (Fsp3) is 0.625. The number of ether oxygens (including phenoxy) is 2. The van der Waals surface area contributed by atoms with Crippen LogP contribution >= 0.6 is 0 Å². The molecule has 0 bridgehead atoms. The van der Waals surface area contributed by atoms with Crippen LogP contribution in [0.25, 0.3) is 0 Å². The van der Waals surface area contributed by atoms with E-state index in [9.17, 15) is 4.79 Å². The van der Waals surface area contributed by atoms with Crippen LogP contribution < -0.4 is 0 Å². The molecule has 1 saturated heterocycles. The number of hydrogen-bond acceptors (Lipinski definition) is 3. The Balaban J connectivity index is 2.16. The molecule has 0 aromatic rings. The van der Waals surface area contributed by atoms with E-state index in [2.05, 4.69) is 6.58 Å². The van der Waals surface area contributed by atoms with Gasteiger partial charge in [0.15, 0.2) is 0 Å². The molecule has 0 aromatic heterocycles. The van der Waals surface area contributed by atoms with Gasteiger partial charge >= 0.3 is 5.97 Å². The summed E-state index contributed by atoms with van der Waals surface area (Å²) in [5.74, 6) is -1.01. The van der Waals surface area contributed by atoms with E-state index in [0.717, 1.165) is 6.42 Å². The van der Waals surface area contributed by atoms with E-state index in [1.807, 2.05) is 0 Å². The van der Waals surface area contributed by atoms with Crippen LogP contribution in [0.5, 0.6) is 0 Å². The van der Waals surface area contributed by atoms with Crippen LogP contribution in [0.3, 0.4) is 0 Å². The van der Waals surface area contributed by atoms with E-state index in [1.54, 1.807) is 0 Å². The summed E-state index contributed by atoms with van der Waals surface area (Å²) in [6.45, 7) is 4.70. The maximum absolute atomic E-state index is 10.3. The summed E-state index contributed by atoms with van der Waals surface area (Å²) >= 11 is 0. The summed E-state index contributed by atoms with van der Waals surface area (Å²) in [6, 6.07) is 0.